The standard InChI is InChI=1S/C12H16Br2S/c13-10-7-11(15-8-10)5-6-12(14)9-3-1-2-4-9/h7-9,12H,1-6H2. The second kappa shape index (κ2) is 5.83. The first kappa shape index (κ1) is 12.1. The second-order valence-electron chi connectivity index (χ2n) is 4.33. The Morgan fingerprint density at radius 3 is 2.73 bits per heavy atom. The largest absolute Gasteiger partial charge is 0.148 e. The molecular formula is C12H16Br2S. The number of thiophene rings is 1. The van der Waals surface area contributed by atoms with Gasteiger partial charge in [-0.2, -0.15) is 0 Å². The normalized spacial score (nSPS) is 19.6. The minimum atomic E-state index is 0.737. The Morgan fingerprint density at radius 1 is 1.40 bits per heavy atom. The van der Waals surface area contributed by atoms with Gasteiger partial charge in [-0.05, 0) is 53.6 Å². The highest BCUT2D eigenvalue weighted by atomic mass is 79.9. The Balaban J connectivity index is 1.77. The van der Waals surface area contributed by atoms with Gasteiger partial charge in [0.1, 0.15) is 0 Å². The maximum absolute atomic E-state index is 3.86. The number of halogens is 2. The van der Waals surface area contributed by atoms with Gasteiger partial charge in [0, 0.05) is 19.6 Å². The summed E-state index contributed by atoms with van der Waals surface area (Å²) in [5.41, 5.74) is 0. The molecule has 15 heavy (non-hydrogen) atoms. The molecule has 3 heteroatoms. The van der Waals surface area contributed by atoms with Gasteiger partial charge in [0.2, 0.25) is 0 Å². The van der Waals surface area contributed by atoms with Gasteiger partial charge in [0.15, 0.2) is 0 Å². The molecule has 1 unspecified atom stereocenters. The molecule has 1 atom stereocenters. The lowest BCUT2D eigenvalue weighted by molar-refractivity contribution is 0.507. The maximum atomic E-state index is 3.86. The zero-order valence-electron chi connectivity index (χ0n) is 8.72. The molecule has 84 valence electrons. The smallest absolute Gasteiger partial charge is 0.0285 e. The molecule has 1 heterocycles. The minimum Gasteiger partial charge on any atom is -0.148 e. The van der Waals surface area contributed by atoms with Crippen LogP contribution in [0.25, 0.3) is 0 Å². The van der Waals surface area contributed by atoms with Crippen LogP contribution in [0.3, 0.4) is 0 Å². The molecule has 1 aliphatic rings. The summed E-state index contributed by atoms with van der Waals surface area (Å²) in [5.74, 6) is 0.938. The highest BCUT2D eigenvalue weighted by Gasteiger charge is 2.22. The van der Waals surface area contributed by atoms with Crippen LogP contribution in [0.1, 0.15) is 37.0 Å². The zero-order valence-corrected chi connectivity index (χ0v) is 12.7. The van der Waals surface area contributed by atoms with Crippen LogP contribution in [-0.4, -0.2) is 4.83 Å². The van der Waals surface area contributed by atoms with E-state index in [1.54, 1.807) is 0 Å². The van der Waals surface area contributed by atoms with E-state index in [-0.39, 0.29) is 0 Å². The van der Waals surface area contributed by atoms with Crippen molar-refractivity contribution in [2.45, 2.75) is 43.4 Å². The third-order valence-corrected chi connectivity index (χ3v) is 6.16. The van der Waals surface area contributed by atoms with Gasteiger partial charge in [0.05, 0.1) is 0 Å². The fraction of sp³-hybridized carbons (Fsp3) is 0.667. The molecule has 1 saturated carbocycles. The van der Waals surface area contributed by atoms with Crippen molar-refractivity contribution in [3.8, 4) is 0 Å². The molecule has 1 aliphatic carbocycles. The molecule has 1 aromatic heterocycles. The first-order valence-electron chi connectivity index (χ1n) is 5.62. The number of alkyl halides is 1. The molecule has 0 saturated heterocycles. The van der Waals surface area contributed by atoms with Crippen LogP contribution in [0.15, 0.2) is 15.9 Å². The Hall–Kier alpha value is 0.660. The molecule has 1 fully saturated rings. The monoisotopic (exact) mass is 350 g/mol. The predicted octanol–water partition coefficient (Wildman–Crippen LogP) is 5.40. The van der Waals surface area contributed by atoms with Crippen molar-refractivity contribution in [3.05, 3.63) is 20.8 Å². The van der Waals surface area contributed by atoms with Crippen LogP contribution in [0.4, 0.5) is 0 Å². The van der Waals surface area contributed by atoms with Gasteiger partial charge < -0.3 is 0 Å². The number of hydrogen-bond donors (Lipinski definition) is 0. The van der Waals surface area contributed by atoms with E-state index in [1.807, 2.05) is 11.3 Å². The van der Waals surface area contributed by atoms with E-state index in [0.29, 0.717) is 0 Å². The van der Waals surface area contributed by atoms with Gasteiger partial charge in [-0.25, -0.2) is 0 Å². The first-order chi connectivity index (χ1) is 7.25. The quantitative estimate of drug-likeness (QED) is 0.637. The van der Waals surface area contributed by atoms with Crippen molar-refractivity contribution >= 4 is 43.2 Å². The Labute approximate surface area is 113 Å². The maximum Gasteiger partial charge on any atom is 0.0285 e. The third kappa shape index (κ3) is 3.57. The van der Waals surface area contributed by atoms with Crippen LogP contribution in [0.2, 0.25) is 0 Å². The Kier molecular flexibility index (Phi) is 4.71. The SMILES string of the molecule is Brc1csc(CCC(Br)C2CCCC2)c1. The summed E-state index contributed by atoms with van der Waals surface area (Å²) in [6, 6.07) is 2.25. The average Bonchev–Trinajstić information content (AvgIpc) is 2.84. The van der Waals surface area contributed by atoms with Crippen molar-refractivity contribution in [1.29, 1.82) is 0 Å². The van der Waals surface area contributed by atoms with Crippen molar-refractivity contribution in [1.82, 2.24) is 0 Å². The van der Waals surface area contributed by atoms with Crippen molar-refractivity contribution in [2.75, 3.05) is 0 Å². The minimum absolute atomic E-state index is 0.737. The summed E-state index contributed by atoms with van der Waals surface area (Å²) < 4.78 is 1.23. The number of rotatable bonds is 4. The molecule has 0 N–H and O–H groups in total. The molecule has 2 rings (SSSR count). The predicted molar refractivity (Wildman–Crippen MR) is 75.0 cm³/mol. The molecule has 0 aromatic carbocycles. The zero-order chi connectivity index (χ0) is 10.7. The van der Waals surface area contributed by atoms with Crippen LogP contribution in [0, 0.1) is 5.92 Å². The summed E-state index contributed by atoms with van der Waals surface area (Å²) in [6.45, 7) is 0. The van der Waals surface area contributed by atoms with Crippen LogP contribution in [0.5, 0.6) is 0 Å². The molecule has 0 radical (unpaired) electrons. The van der Waals surface area contributed by atoms with Gasteiger partial charge in [-0.1, -0.05) is 28.8 Å². The van der Waals surface area contributed by atoms with E-state index >= 15 is 0 Å². The molecular weight excluding hydrogens is 336 g/mol. The lowest BCUT2D eigenvalue weighted by Crippen LogP contribution is -2.11. The van der Waals surface area contributed by atoms with Crippen LogP contribution in [-0.2, 0) is 6.42 Å². The summed E-state index contributed by atoms with van der Waals surface area (Å²) in [5, 5.41) is 2.17. The highest BCUT2D eigenvalue weighted by Crippen LogP contribution is 2.34. The van der Waals surface area contributed by atoms with Gasteiger partial charge in [0.25, 0.3) is 0 Å². The summed E-state index contributed by atoms with van der Waals surface area (Å²) >= 11 is 9.23. The Bertz CT molecular complexity index is 302. The van der Waals surface area contributed by atoms with Crippen molar-refractivity contribution in [2.24, 2.45) is 5.92 Å². The number of aryl methyl sites for hydroxylation is 1. The van der Waals surface area contributed by atoms with Gasteiger partial charge in [-0.15, -0.1) is 11.3 Å². The van der Waals surface area contributed by atoms with E-state index in [2.05, 4.69) is 43.3 Å². The van der Waals surface area contributed by atoms with Crippen molar-refractivity contribution < 1.29 is 0 Å². The molecule has 0 bridgehead atoms. The molecule has 0 aliphatic heterocycles. The van der Waals surface area contributed by atoms with E-state index in [1.165, 1.54) is 47.9 Å². The number of hydrogen-bond acceptors (Lipinski definition) is 1. The summed E-state index contributed by atoms with van der Waals surface area (Å²) in [6.07, 6.45) is 8.27. The van der Waals surface area contributed by atoms with Gasteiger partial charge in [-0.3, -0.25) is 0 Å². The molecule has 1 aromatic rings. The second-order valence-corrected chi connectivity index (χ2v) is 7.42. The molecule has 0 amide bonds. The van der Waals surface area contributed by atoms with E-state index in [4.69, 9.17) is 0 Å². The van der Waals surface area contributed by atoms with E-state index in [0.717, 1.165) is 10.7 Å². The lowest BCUT2D eigenvalue weighted by Gasteiger charge is -2.16. The summed E-state index contributed by atoms with van der Waals surface area (Å²) in [4.78, 5) is 2.24. The lowest BCUT2D eigenvalue weighted by atomic mass is 10.0. The fourth-order valence-corrected chi connectivity index (χ4v) is 4.55. The first-order valence-corrected chi connectivity index (χ1v) is 8.21. The summed E-state index contributed by atoms with van der Waals surface area (Å²) in [7, 11) is 0. The Morgan fingerprint density at radius 2 is 2.13 bits per heavy atom. The third-order valence-electron chi connectivity index (χ3n) is 3.20. The van der Waals surface area contributed by atoms with Crippen LogP contribution < -0.4 is 0 Å². The van der Waals surface area contributed by atoms with E-state index < -0.39 is 0 Å². The topological polar surface area (TPSA) is 0 Å². The van der Waals surface area contributed by atoms with Gasteiger partial charge >= 0.3 is 0 Å². The molecule has 0 spiro atoms. The van der Waals surface area contributed by atoms with Crippen LogP contribution >= 0.6 is 43.2 Å². The van der Waals surface area contributed by atoms with E-state index in [9.17, 15) is 0 Å². The average molecular weight is 352 g/mol. The molecule has 0 nitrogen and oxygen atoms in total. The fourth-order valence-electron chi connectivity index (χ4n) is 2.32. The van der Waals surface area contributed by atoms with Crippen molar-refractivity contribution in [3.63, 3.8) is 0 Å². The highest BCUT2D eigenvalue weighted by molar-refractivity contribution is 9.10.